The lowest BCUT2D eigenvalue weighted by atomic mass is 9.99. The number of pyridine rings is 1. The molecule has 0 bridgehead atoms. The third kappa shape index (κ3) is 1.53. The van der Waals surface area contributed by atoms with Gasteiger partial charge in [-0.1, -0.05) is 0 Å². The van der Waals surface area contributed by atoms with Crippen molar-refractivity contribution in [2.75, 3.05) is 0 Å². The number of nitrogens with one attached hydrogen (secondary N) is 1. The van der Waals surface area contributed by atoms with Crippen molar-refractivity contribution in [3.05, 3.63) is 48.0 Å². The van der Waals surface area contributed by atoms with Crippen LogP contribution in [0, 0.1) is 13.8 Å². The lowest BCUT2D eigenvalue weighted by Gasteiger charge is -2.08. The van der Waals surface area contributed by atoms with Crippen LogP contribution < -0.4 is 0 Å². The van der Waals surface area contributed by atoms with E-state index >= 15 is 0 Å². The number of fused-ring (bicyclic) bond motifs is 2. The Morgan fingerprint density at radius 2 is 2.00 bits per heavy atom. The zero-order chi connectivity index (χ0) is 13.7. The van der Waals surface area contributed by atoms with E-state index in [2.05, 4.69) is 52.3 Å². The summed E-state index contributed by atoms with van der Waals surface area (Å²) in [6.45, 7) is 4.17. The van der Waals surface area contributed by atoms with Crippen LogP contribution in [-0.4, -0.2) is 24.8 Å². The summed E-state index contributed by atoms with van der Waals surface area (Å²) in [5.41, 5.74) is 6.59. The van der Waals surface area contributed by atoms with E-state index in [4.69, 9.17) is 0 Å². The molecule has 1 N–H and O–H groups in total. The summed E-state index contributed by atoms with van der Waals surface area (Å²) in [6, 6.07) is 6.43. The van der Waals surface area contributed by atoms with Gasteiger partial charge in [0, 0.05) is 17.1 Å². The van der Waals surface area contributed by atoms with Gasteiger partial charge in [0.1, 0.15) is 6.33 Å². The maximum absolute atomic E-state index is 4.25. The lowest BCUT2D eigenvalue weighted by molar-refractivity contribution is 0.957. The fourth-order valence-corrected chi connectivity index (χ4v) is 2.66. The van der Waals surface area contributed by atoms with E-state index in [9.17, 15) is 0 Å². The van der Waals surface area contributed by atoms with E-state index in [0.29, 0.717) is 0 Å². The normalized spacial score (nSPS) is 11.5. The molecular formula is C15H13N5. The van der Waals surface area contributed by atoms with E-state index in [1.165, 1.54) is 11.1 Å². The molecule has 0 spiro atoms. The molecular weight excluding hydrogens is 250 g/mol. The molecule has 3 heterocycles. The fraction of sp³-hybridized carbons (Fsp3) is 0.133. The first kappa shape index (κ1) is 11.2. The molecule has 4 aromatic rings. The van der Waals surface area contributed by atoms with Crippen molar-refractivity contribution >= 4 is 16.6 Å². The Kier molecular flexibility index (Phi) is 2.18. The summed E-state index contributed by atoms with van der Waals surface area (Å²) in [5, 5.41) is 12.5. The number of aryl methyl sites for hydroxylation is 2. The van der Waals surface area contributed by atoms with Gasteiger partial charge in [0.05, 0.1) is 11.7 Å². The zero-order valence-corrected chi connectivity index (χ0v) is 11.3. The molecule has 3 aromatic heterocycles. The predicted molar refractivity (Wildman–Crippen MR) is 77.5 cm³/mol. The first-order valence-electron chi connectivity index (χ1n) is 6.46. The molecule has 0 aliphatic rings. The summed E-state index contributed by atoms with van der Waals surface area (Å²) >= 11 is 0. The molecule has 0 atom stereocenters. The molecule has 0 fully saturated rings. The number of nitrogens with zero attached hydrogens (tertiary/aromatic N) is 4. The molecule has 0 saturated heterocycles. The van der Waals surface area contributed by atoms with E-state index in [-0.39, 0.29) is 0 Å². The largest absolute Gasteiger partial charge is 0.278 e. The second-order valence-electron chi connectivity index (χ2n) is 5.06. The zero-order valence-electron chi connectivity index (χ0n) is 11.3. The van der Waals surface area contributed by atoms with Crippen molar-refractivity contribution < 1.29 is 0 Å². The summed E-state index contributed by atoms with van der Waals surface area (Å²) in [7, 11) is 0. The maximum atomic E-state index is 4.25. The highest BCUT2D eigenvalue weighted by molar-refractivity contribution is 5.86. The molecule has 0 aliphatic carbocycles. The van der Waals surface area contributed by atoms with Gasteiger partial charge in [0.25, 0.3) is 0 Å². The Balaban J connectivity index is 2.01. The fourth-order valence-electron chi connectivity index (χ4n) is 2.66. The molecule has 98 valence electrons. The number of hydrogen-bond donors (Lipinski definition) is 1. The third-order valence-electron chi connectivity index (χ3n) is 3.66. The van der Waals surface area contributed by atoms with Crippen LogP contribution in [0.1, 0.15) is 11.1 Å². The topological polar surface area (TPSA) is 58.9 Å². The average molecular weight is 263 g/mol. The van der Waals surface area contributed by atoms with E-state index in [0.717, 1.165) is 27.7 Å². The van der Waals surface area contributed by atoms with Gasteiger partial charge in [0.15, 0.2) is 5.65 Å². The molecule has 5 heteroatoms. The average Bonchev–Trinajstić information content (AvgIpc) is 3.05. The number of aromatic nitrogens is 5. The SMILES string of the molecule is Cc1cc2cn[nH]c2cc1-c1cc(C)c2ncnn2c1. The van der Waals surface area contributed by atoms with Crippen LogP contribution in [0.15, 0.2) is 36.9 Å². The smallest absolute Gasteiger partial charge is 0.158 e. The van der Waals surface area contributed by atoms with Crippen LogP contribution in [0.5, 0.6) is 0 Å². The Morgan fingerprint density at radius 3 is 2.90 bits per heavy atom. The van der Waals surface area contributed by atoms with Gasteiger partial charge in [-0.15, -0.1) is 0 Å². The second kappa shape index (κ2) is 3.90. The molecule has 0 unspecified atom stereocenters. The van der Waals surface area contributed by atoms with Gasteiger partial charge in [-0.2, -0.15) is 10.2 Å². The minimum Gasteiger partial charge on any atom is -0.278 e. The van der Waals surface area contributed by atoms with Crippen molar-refractivity contribution in [3.8, 4) is 11.1 Å². The molecule has 1 aromatic carbocycles. The van der Waals surface area contributed by atoms with Crippen molar-refractivity contribution in [1.82, 2.24) is 24.8 Å². The number of aromatic amines is 1. The number of rotatable bonds is 1. The van der Waals surface area contributed by atoms with Crippen LogP contribution in [0.3, 0.4) is 0 Å². The second-order valence-corrected chi connectivity index (χ2v) is 5.06. The third-order valence-corrected chi connectivity index (χ3v) is 3.66. The summed E-state index contributed by atoms with van der Waals surface area (Å²) < 4.78 is 1.82. The number of benzene rings is 1. The van der Waals surface area contributed by atoms with Gasteiger partial charge < -0.3 is 0 Å². The van der Waals surface area contributed by atoms with Crippen molar-refractivity contribution in [3.63, 3.8) is 0 Å². The van der Waals surface area contributed by atoms with Crippen molar-refractivity contribution in [1.29, 1.82) is 0 Å². The van der Waals surface area contributed by atoms with Gasteiger partial charge in [-0.25, -0.2) is 9.50 Å². The highest BCUT2D eigenvalue weighted by Crippen LogP contribution is 2.28. The summed E-state index contributed by atoms with van der Waals surface area (Å²) in [4.78, 5) is 4.25. The molecule has 0 radical (unpaired) electrons. The van der Waals surface area contributed by atoms with Crippen molar-refractivity contribution in [2.45, 2.75) is 13.8 Å². The first-order chi connectivity index (χ1) is 9.72. The Hall–Kier alpha value is -2.69. The van der Waals surface area contributed by atoms with Crippen LogP contribution in [0.2, 0.25) is 0 Å². The molecule has 20 heavy (non-hydrogen) atoms. The van der Waals surface area contributed by atoms with Crippen LogP contribution >= 0.6 is 0 Å². The minimum atomic E-state index is 0.897. The quantitative estimate of drug-likeness (QED) is 0.574. The number of hydrogen-bond acceptors (Lipinski definition) is 3. The van der Waals surface area contributed by atoms with Crippen LogP contribution in [0.25, 0.3) is 27.7 Å². The first-order valence-corrected chi connectivity index (χ1v) is 6.46. The summed E-state index contributed by atoms with van der Waals surface area (Å²) in [6.07, 6.45) is 5.44. The highest BCUT2D eigenvalue weighted by Gasteiger charge is 2.09. The van der Waals surface area contributed by atoms with Crippen LogP contribution in [-0.2, 0) is 0 Å². The Labute approximate surface area is 115 Å². The highest BCUT2D eigenvalue weighted by atomic mass is 15.3. The Morgan fingerprint density at radius 1 is 1.10 bits per heavy atom. The molecule has 0 saturated carbocycles. The maximum Gasteiger partial charge on any atom is 0.158 e. The van der Waals surface area contributed by atoms with E-state index < -0.39 is 0 Å². The Bertz CT molecular complexity index is 932. The predicted octanol–water partition coefficient (Wildman–Crippen LogP) is 2.89. The lowest BCUT2D eigenvalue weighted by Crippen LogP contribution is -1.93. The standard InChI is InChI=1S/C15H13N5/c1-9-3-11-6-17-19-14(11)5-13(9)12-4-10(2)15-16-8-18-20(15)7-12/h3-8H,1-2H3,(H,17,19). The van der Waals surface area contributed by atoms with Gasteiger partial charge in [-0.05, 0) is 48.7 Å². The molecule has 4 rings (SSSR count). The van der Waals surface area contributed by atoms with E-state index in [1.807, 2.05) is 16.9 Å². The molecule has 0 aliphatic heterocycles. The van der Waals surface area contributed by atoms with E-state index in [1.54, 1.807) is 6.33 Å². The molecule has 0 amide bonds. The van der Waals surface area contributed by atoms with Gasteiger partial charge in [-0.3, -0.25) is 5.10 Å². The minimum absolute atomic E-state index is 0.897. The number of H-pyrrole nitrogens is 1. The summed E-state index contributed by atoms with van der Waals surface area (Å²) in [5.74, 6) is 0. The van der Waals surface area contributed by atoms with Crippen LogP contribution in [0.4, 0.5) is 0 Å². The molecule has 5 nitrogen and oxygen atoms in total. The van der Waals surface area contributed by atoms with Crippen molar-refractivity contribution in [2.24, 2.45) is 0 Å². The van der Waals surface area contributed by atoms with Gasteiger partial charge in [0.2, 0.25) is 0 Å². The van der Waals surface area contributed by atoms with Gasteiger partial charge >= 0.3 is 0 Å². The monoisotopic (exact) mass is 263 g/mol.